The summed E-state index contributed by atoms with van der Waals surface area (Å²) in [6, 6.07) is -3.82. The van der Waals surface area contributed by atoms with Gasteiger partial charge in [-0.15, -0.1) is 0 Å². The van der Waals surface area contributed by atoms with Gasteiger partial charge in [-0.05, 0) is 25.2 Å². The van der Waals surface area contributed by atoms with Gasteiger partial charge in [0.1, 0.15) is 18.1 Å². The van der Waals surface area contributed by atoms with E-state index in [0.29, 0.717) is 37.2 Å². The molecule has 0 aromatic carbocycles. The Morgan fingerprint density at radius 2 is 1.67 bits per heavy atom. The Bertz CT molecular complexity index is 1020. The summed E-state index contributed by atoms with van der Waals surface area (Å²) < 4.78 is 0. The number of H-pyrrole nitrogens is 2. The Morgan fingerprint density at radius 1 is 1.06 bits per heavy atom. The highest BCUT2D eigenvalue weighted by molar-refractivity contribution is 5.94. The standard InChI is InChI=1S/C23H34N8O5/c1-13(2)6-17(29-20(32)16(24)7-14-9-25-11-27-14)21(33)30-18(8-15-10-26-12-28-15)22(34)31-5-3-4-19(31)23(35)36/h9-13,16-19H,3-8,24H2,1-2H3,(H,25,27)(H,26,28)(H,29,32)(H,30,33)(H,35,36)/t16-,17-,18-,19-/m0/s1. The number of aromatic nitrogens is 4. The first kappa shape index (κ1) is 26.9. The molecule has 196 valence electrons. The van der Waals surface area contributed by atoms with E-state index in [1.54, 1.807) is 6.20 Å². The van der Waals surface area contributed by atoms with Crippen LogP contribution in [0.25, 0.3) is 0 Å². The van der Waals surface area contributed by atoms with Gasteiger partial charge >= 0.3 is 5.97 Å². The van der Waals surface area contributed by atoms with E-state index in [2.05, 4.69) is 30.6 Å². The number of imidazole rings is 2. The monoisotopic (exact) mass is 502 g/mol. The van der Waals surface area contributed by atoms with Gasteiger partial charge in [0.25, 0.3) is 0 Å². The van der Waals surface area contributed by atoms with Crippen molar-refractivity contribution < 1.29 is 24.3 Å². The summed E-state index contributed by atoms with van der Waals surface area (Å²) in [5.41, 5.74) is 7.32. The van der Waals surface area contributed by atoms with Crippen LogP contribution in [0.15, 0.2) is 25.0 Å². The highest BCUT2D eigenvalue weighted by Gasteiger charge is 2.38. The van der Waals surface area contributed by atoms with Crippen molar-refractivity contribution in [2.45, 2.75) is 70.1 Å². The van der Waals surface area contributed by atoms with Crippen LogP contribution in [0.4, 0.5) is 0 Å². The molecular formula is C23H34N8O5. The number of aromatic amines is 2. The smallest absolute Gasteiger partial charge is 0.326 e. The Hall–Kier alpha value is -3.74. The van der Waals surface area contributed by atoms with Gasteiger partial charge in [0.15, 0.2) is 0 Å². The molecule has 0 spiro atoms. The third kappa shape index (κ3) is 7.13. The number of aliphatic carboxylic acids is 1. The van der Waals surface area contributed by atoms with E-state index in [4.69, 9.17) is 5.73 Å². The predicted octanol–water partition coefficient (Wildman–Crippen LogP) is -0.663. The zero-order valence-corrected chi connectivity index (χ0v) is 20.4. The van der Waals surface area contributed by atoms with Crippen LogP contribution in [0.3, 0.4) is 0 Å². The van der Waals surface area contributed by atoms with E-state index in [-0.39, 0.29) is 18.8 Å². The number of hydrogen-bond acceptors (Lipinski definition) is 7. The molecule has 0 radical (unpaired) electrons. The van der Waals surface area contributed by atoms with Gasteiger partial charge in [-0.3, -0.25) is 14.4 Å². The fraction of sp³-hybridized carbons (Fsp3) is 0.565. The zero-order chi connectivity index (χ0) is 26.2. The van der Waals surface area contributed by atoms with E-state index in [1.165, 1.54) is 23.8 Å². The number of carbonyl (C=O) groups is 4. The van der Waals surface area contributed by atoms with Crippen molar-refractivity contribution >= 4 is 23.7 Å². The summed E-state index contributed by atoms with van der Waals surface area (Å²) >= 11 is 0. The van der Waals surface area contributed by atoms with Gasteiger partial charge in [0.2, 0.25) is 17.7 Å². The summed E-state index contributed by atoms with van der Waals surface area (Å²) in [6.07, 6.45) is 7.59. The SMILES string of the molecule is CC(C)C[C@H](NC(=O)[C@@H](N)Cc1cnc[nH]1)C(=O)N[C@@H](Cc1cnc[nH]1)C(=O)N1CCC[C@H]1C(=O)O. The summed E-state index contributed by atoms with van der Waals surface area (Å²) in [5, 5.41) is 15.0. The van der Waals surface area contributed by atoms with Crippen LogP contribution in [0.5, 0.6) is 0 Å². The molecule has 3 amide bonds. The van der Waals surface area contributed by atoms with Crippen LogP contribution in [-0.2, 0) is 32.0 Å². The summed E-state index contributed by atoms with van der Waals surface area (Å²) in [5.74, 6) is -2.57. The molecule has 0 bridgehead atoms. The number of carboxylic acids is 1. The molecule has 4 atom stereocenters. The molecule has 2 aromatic rings. The summed E-state index contributed by atoms with van der Waals surface area (Å²) in [4.78, 5) is 66.1. The lowest BCUT2D eigenvalue weighted by molar-refractivity contribution is -0.149. The van der Waals surface area contributed by atoms with E-state index >= 15 is 0 Å². The molecule has 13 heteroatoms. The maximum atomic E-state index is 13.4. The highest BCUT2D eigenvalue weighted by Crippen LogP contribution is 2.19. The maximum absolute atomic E-state index is 13.4. The van der Waals surface area contributed by atoms with Crippen LogP contribution in [0, 0.1) is 5.92 Å². The van der Waals surface area contributed by atoms with Crippen LogP contribution < -0.4 is 16.4 Å². The maximum Gasteiger partial charge on any atom is 0.326 e. The topological polar surface area (TPSA) is 199 Å². The molecule has 1 saturated heterocycles. The lowest BCUT2D eigenvalue weighted by Crippen LogP contribution is -2.58. The normalized spacial score (nSPS) is 18.0. The molecule has 0 unspecified atom stereocenters. The van der Waals surface area contributed by atoms with E-state index in [1.807, 2.05) is 13.8 Å². The number of amides is 3. The molecule has 2 aromatic heterocycles. The first-order valence-corrected chi connectivity index (χ1v) is 12.0. The second kappa shape index (κ2) is 12.3. The Morgan fingerprint density at radius 3 is 2.22 bits per heavy atom. The minimum absolute atomic E-state index is 0.0570. The number of nitrogens with zero attached hydrogens (tertiary/aromatic N) is 3. The number of nitrogens with one attached hydrogen (secondary N) is 4. The fourth-order valence-corrected chi connectivity index (χ4v) is 4.28. The molecule has 0 saturated carbocycles. The first-order chi connectivity index (χ1) is 17.2. The van der Waals surface area contributed by atoms with Crippen LogP contribution >= 0.6 is 0 Å². The molecule has 0 aliphatic carbocycles. The lowest BCUT2D eigenvalue weighted by atomic mass is 10.0. The predicted molar refractivity (Wildman–Crippen MR) is 128 cm³/mol. The fourth-order valence-electron chi connectivity index (χ4n) is 4.28. The molecule has 36 heavy (non-hydrogen) atoms. The van der Waals surface area contributed by atoms with Crippen LogP contribution in [-0.4, -0.2) is 84.3 Å². The van der Waals surface area contributed by atoms with Crippen molar-refractivity contribution in [3.63, 3.8) is 0 Å². The zero-order valence-electron chi connectivity index (χ0n) is 20.4. The molecule has 1 aliphatic rings. The van der Waals surface area contributed by atoms with Gasteiger partial charge < -0.3 is 36.3 Å². The third-order valence-corrected chi connectivity index (χ3v) is 6.09. The second-order valence-corrected chi connectivity index (χ2v) is 9.45. The van der Waals surface area contributed by atoms with Gasteiger partial charge in [0.05, 0.1) is 18.7 Å². The van der Waals surface area contributed by atoms with Crippen LogP contribution in [0.1, 0.15) is 44.5 Å². The van der Waals surface area contributed by atoms with Crippen molar-refractivity contribution in [1.82, 2.24) is 35.5 Å². The molecule has 1 fully saturated rings. The number of nitrogens with two attached hydrogens (primary N) is 1. The van der Waals surface area contributed by atoms with E-state index in [9.17, 15) is 24.3 Å². The molecular weight excluding hydrogens is 468 g/mol. The summed E-state index contributed by atoms with van der Waals surface area (Å²) in [6.45, 7) is 4.11. The van der Waals surface area contributed by atoms with Crippen molar-refractivity contribution in [2.75, 3.05) is 6.54 Å². The Labute approximate surface area is 208 Å². The minimum Gasteiger partial charge on any atom is -0.480 e. The quantitative estimate of drug-likeness (QED) is 0.219. The van der Waals surface area contributed by atoms with Crippen molar-refractivity contribution in [3.05, 3.63) is 36.4 Å². The Balaban J connectivity index is 1.74. The number of likely N-dealkylation sites (tertiary alicyclic amines) is 1. The van der Waals surface area contributed by atoms with Gasteiger partial charge in [-0.2, -0.15) is 0 Å². The molecule has 3 rings (SSSR count). The van der Waals surface area contributed by atoms with Crippen molar-refractivity contribution in [2.24, 2.45) is 11.7 Å². The number of carbonyl (C=O) groups excluding carboxylic acids is 3. The van der Waals surface area contributed by atoms with Crippen LogP contribution in [0.2, 0.25) is 0 Å². The average molecular weight is 503 g/mol. The van der Waals surface area contributed by atoms with E-state index in [0.717, 1.165) is 0 Å². The van der Waals surface area contributed by atoms with E-state index < -0.39 is 47.9 Å². The minimum atomic E-state index is -1.08. The van der Waals surface area contributed by atoms with Gasteiger partial charge in [0, 0.05) is 43.2 Å². The van der Waals surface area contributed by atoms with Crippen molar-refractivity contribution in [1.29, 1.82) is 0 Å². The lowest BCUT2D eigenvalue weighted by Gasteiger charge is -2.29. The third-order valence-electron chi connectivity index (χ3n) is 6.09. The van der Waals surface area contributed by atoms with Crippen molar-refractivity contribution in [3.8, 4) is 0 Å². The molecule has 13 nitrogen and oxygen atoms in total. The van der Waals surface area contributed by atoms with Gasteiger partial charge in [-0.25, -0.2) is 14.8 Å². The largest absolute Gasteiger partial charge is 0.480 e. The molecule has 7 N–H and O–H groups in total. The molecule has 3 heterocycles. The second-order valence-electron chi connectivity index (χ2n) is 9.45. The van der Waals surface area contributed by atoms with Gasteiger partial charge in [-0.1, -0.05) is 13.8 Å². The summed E-state index contributed by atoms with van der Waals surface area (Å²) in [7, 11) is 0. The first-order valence-electron chi connectivity index (χ1n) is 12.0. The number of hydrogen-bond donors (Lipinski definition) is 6. The number of rotatable bonds is 12. The average Bonchev–Trinajstić information content (AvgIpc) is 3.59. The Kier molecular flexibility index (Phi) is 9.17. The highest BCUT2D eigenvalue weighted by atomic mass is 16.4. The molecule has 1 aliphatic heterocycles. The number of carboxylic acid groups (broad SMARTS) is 1.